The van der Waals surface area contributed by atoms with Crippen LogP contribution in [0.5, 0.6) is 0 Å². The van der Waals surface area contributed by atoms with Crippen LogP contribution in [0.3, 0.4) is 0 Å². The largest absolute Gasteiger partial charge is 0.466 e. The standard InChI is InChI=1S/C18H22FN3O3/c1-5-25-17(24)11-16(23)20-15-10-14(18(2,3)4)21-22(15)13-8-6-7-12(19)9-13/h6-10H,5,11H2,1-4H3,(H,20,23). The normalized spacial score (nSPS) is 11.2. The van der Waals surface area contributed by atoms with Gasteiger partial charge in [0.1, 0.15) is 18.1 Å². The molecule has 1 N–H and O–H groups in total. The summed E-state index contributed by atoms with van der Waals surface area (Å²) in [4.78, 5) is 23.5. The van der Waals surface area contributed by atoms with E-state index in [0.717, 1.165) is 5.69 Å². The molecular weight excluding hydrogens is 325 g/mol. The number of carbonyl (C=O) groups excluding carboxylic acids is 2. The molecule has 0 aliphatic heterocycles. The summed E-state index contributed by atoms with van der Waals surface area (Å²) in [6.07, 6.45) is -0.396. The summed E-state index contributed by atoms with van der Waals surface area (Å²) in [6.45, 7) is 7.83. The zero-order valence-corrected chi connectivity index (χ0v) is 14.8. The van der Waals surface area contributed by atoms with E-state index in [1.165, 1.54) is 16.8 Å². The molecule has 0 saturated carbocycles. The van der Waals surface area contributed by atoms with Gasteiger partial charge in [-0.05, 0) is 25.1 Å². The molecule has 0 atom stereocenters. The Morgan fingerprint density at radius 1 is 1.28 bits per heavy atom. The fourth-order valence-corrected chi connectivity index (χ4v) is 2.17. The quantitative estimate of drug-likeness (QED) is 0.666. The summed E-state index contributed by atoms with van der Waals surface area (Å²) in [5.74, 6) is -1.16. The number of ether oxygens (including phenoxy) is 1. The highest BCUT2D eigenvalue weighted by atomic mass is 19.1. The Bertz CT molecular complexity index is 778. The highest BCUT2D eigenvalue weighted by Crippen LogP contribution is 2.26. The lowest BCUT2D eigenvalue weighted by molar-refractivity contribution is -0.145. The van der Waals surface area contributed by atoms with Gasteiger partial charge in [-0.3, -0.25) is 9.59 Å². The molecule has 2 rings (SSSR count). The molecule has 0 saturated heterocycles. The number of nitrogens with one attached hydrogen (secondary N) is 1. The van der Waals surface area contributed by atoms with Crippen molar-refractivity contribution in [1.29, 1.82) is 0 Å². The Balaban J connectivity index is 2.34. The lowest BCUT2D eigenvalue weighted by Gasteiger charge is -2.14. The van der Waals surface area contributed by atoms with Crippen LogP contribution in [0.4, 0.5) is 10.2 Å². The van der Waals surface area contributed by atoms with Crippen molar-refractivity contribution in [2.45, 2.75) is 39.5 Å². The minimum Gasteiger partial charge on any atom is -0.466 e. The molecule has 0 spiro atoms. The van der Waals surface area contributed by atoms with Gasteiger partial charge in [-0.15, -0.1) is 0 Å². The smallest absolute Gasteiger partial charge is 0.315 e. The number of anilines is 1. The van der Waals surface area contributed by atoms with Crippen molar-refractivity contribution in [3.63, 3.8) is 0 Å². The van der Waals surface area contributed by atoms with Gasteiger partial charge in [-0.2, -0.15) is 5.10 Å². The maximum absolute atomic E-state index is 13.6. The Morgan fingerprint density at radius 2 is 2.00 bits per heavy atom. The summed E-state index contributed by atoms with van der Waals surface area (Å²) < 4.78 is 19.8. The maximum atomic E-state index is 13.6. The molecule has 0 radical (unpaired) electrons. The van der Waals surface area contributed by atoms with Gasteiger partial charge in [0, 0.05) is 11.5 Å². The molecule has 1 aromatic heterocycles. The van der Waals surface area contributed by atoms with Crippen LogP contribution in [0.2, 0.25) is 0 Å². The third-order valence-electron chi connectivity index (χ3n) is 3.41. The molecule has 6 nitrogen and oxygen atoms in total. The van der Waals surface area contributed by atoms with E-state index < -0.39 is 24.1 Å². The third kappa shape index (κ3) is 4.89. The predicted molar refractivity (Wildman–Crippen MR) is 92.1 cm³/mol. The molecule has 1 amide bonds. The summed E-state index contributed by atoms with van der Waals surface area (Å²) in [5, 5.41) is 7.13. The van der Waals surface area contributed by atoms with Gasteiger partial charge in [0.2, 0.25) is 5.91 Å². The molecule has 0 unspecified atom stereocenters. The number of benzene rings is 1. The molecule has 1 aromatic carbocycles. The molecule has 134 valence electrons. The van der Waals surface area contributed by atoms with Gasteiger partial charge in [0.15, 0.2) is 0 Å². The summed E-state index contributed by atoms with van der Waals surface area (Å²) in [5.41, 5.74) is 0.935. The first kappa shape index (κ1) is 18.6. The van der Waals surface area contributed by atoms with E-state index in [1.54, 1.807) is 25.1 Å². The van der Waals surface area contributed by atoms with Crippen LogP contribution in [0, 0.1) is 5.82 Å². The number of hydrogen-bond donors (Lipinski definition) is 1. The van der Waals surface area contributed by atoms with Crippen molar-refractivity contribution in [3.05, 3.63) is 41.8 Å². The highest BCUT2D eigenvalue weighted by molar-refractivity contribution is 6.01. The number of esters is 1. The van der Waals surface area contributed by atoms with Crippen LogP contribution in [0.25, 0.3) is 5.69 Å². The fraction of sp³-hybridized carbons (Fsp3) is 0.389. The minimum atomic E-state index is -0.604. The average Bonchev–Trinajstić information content (AvgIpc) is 2.91. The van der Waals surface area contributed by atoms with Crippen molar-refractivity contribution >= 4 is 17.7 Å². The van der Waals surface area contributed by atoms with Crippen LogP contribution in [-0.2, 0) is 19.7 Å². The van der Waals surface area contributed by atoms with Crippen LogP contribution < -0.4 is 5.32 Å². The second-order valence-electron chi connectivity index (χ2n) is 6.59. The van der Waals surface area contributed by atoms with Crippen LogP contribution >= 0.6 is 0 Å². The van der Waals surface area contributed by atoms with E-state index >= 15 is 0 Å². The molecule has 0 fully saturated rings. The first-order valence-corrected chi connectivity index (χ1v) is 8.02. The number of rotatable bonds is 5. The zero-order chi connectivity index (χ0) is 18.6. The summed E-state index contributed by atoms with van der Waals surface area (Å²) >= 11 is 0. The second kappa shape index (κ2) is 7.46. The summed E-state index contributed by atoms with van der Waals surface area (Å²) in [6, 6.07) is 7.61. The lowest BCUT2D eigenvalue weighted by atomic mass is 9.92. The topological polar surface area (TPSA) is 73.2 Å². The SMILES string of the molecule is CCOC(=O)CC(=O)Nc1cc(C(C)(C)C)nn1-c1cccc(F)c1. The number of halogens is 1. The molecule has 0 aliphatic rings. The van der Waals surface area contributed by atoms with E-state index in [1.807, 2.05) is 20.8 Å². The highest BCUT2D eigenvalue weighted by Gasteiger charge is 2.22. The van der Waals surface area contributed by atoms with E-state index in [9.17, 15) is 14.0 Å². The van der Waals surface area contributed by atoms with Crippen molar-refractivity contribution < 1.29 is 18.7 Å². The van der Waals surface area contributed by atoms with E-state index in [0.29, 0.717) is 11.5 Å². The molecule has 1 heterocycles. The van der Waals surface area contributed by atoms with E-state index in [4.69, 9.17) is 4.74 Å². The maximum Gasteiger partial charge on any atom is 0.315 e. The van der Waals surface area contributed by atoms with Gasteiger partial charge in [0.05, 0.1) is 18.0 Å². The van der Waals surface area contributed by atoms with Crippen molar-refractivity contribution in [2.75, 3.05) is 11.9 Å². The van der Waals surface area contributed by atoms with E-state index in [2.05, 4.69) is 10.4 Å². The Labute approximate surface area is 146 Å². The van der Waals surface area contributed by atoms with Gasteiger partial charge >= 0.3 is 5.97 Å². The molecule has 0 aliphatic carbocycles. The number of hydrogen-bond acceptors (Lipinski definition) is 4. The molecule has 0 bridgehead atoms. The van der Waals surface area contributed by atoms with Crippen LogP contribution in [-0.4, -0.2) is 28.3 Å². The third-order valence-corrected chi connectivity index (χ3v) is 3.41. The van der Waals surface area contributed by atoms with Gasteiger partial charge < -0.3 is 10.1 Å². The van der Waals surface area contributed by atoms with E-state index in [-0.39, 0.29) is 12.0 Å². The van der Waals surface area contributed by atoms with Crippen molar-refractivity contribution in [1.82, 2.24) is 9.78 Å². The lowest BCUT2D eigenvalue weighted by Crippen LogP contribution is -2.19. The number of amides is 1. The molecular formula is C18H22FN3O3. The second-order valence-corrected chi connectivity index (χ2v) is 6.59. The number of carbonyl (C=O) groups is 2. The Kier molecular flexibility index (Phi) is 5.56. The number of nitrogens with zero attached hydrogens (tertiary/aromatic N) is 2. The van der Waals surface area contributed by atoms with Gasteiger partial charge in [-0.1, -0.05) is 26.8 Å². The van der Waals surface area contributed by atoms with Crippen LogP contribution in [0.1, 0.15) is 39.8 Å². The first-order chi connectivity index (χ1) is 11.7. The van der Waals surface area contributed by atoms with Gasteiger partial charge in [0.25, 0.3) is 0 Å². The predicted octanol–water partition coefficient (Wildman–Crippen LogP) is 3.20. The average molecular weight is 347 g/mol. The number of aromatic nitrogens is 2. The monoisotopic (exact) mass is 347 g/mol. The molecule has 7 heteroatoms. The Hall–Kier alpha value is -2.70. The van der Waals surface area contributed by atoms with Crippen molar-refractivity contribution in [2.24, 2.45) is 0 Å². The fourth-order valence-electron chi connectivity index (χ4n) is 2.17. The Morgan fingerprint density at radius 3 is 2.60 bits per heavy atom. The minimum absolute atomic E-state index is 0.210. The molecule has 2 aromatic rings. The van der Waals surface area contributed by atoms with Gasteiger partial charge in [-0.25, -0.2) is 9.07 Å². The zero-order valence-electron chi connectivity index (χ0n) is 14.8. The first-order valence-electron chi connectivity index (χ1n) is 8.02. The summed E-state index contributed by atoms with van der Waals surface area (Å²) in [7, 11) is 0. The van der Waals surface area contributed by atoms with Crippen LogP contribution in [0.15, 0.2) is 30.3 Å². The van der Waals surface area contributed by atoms with Crippen molar-refractivity contribution in [3.8, 4) is 5.69 Å². The molecule has 25 heavy (non-hydrogen) atoms.